The second-order valence-electron chi connectivity index (χ2n) is 4.68. The summed E-state index contributed by atoms with van der Waals surface area (Å²) in [4.78, 5) is 0. The number of aryl methyl sites for hydroxylation is 2. The number of allylic oxidation sites excluding steroid dienone is 2. The van der Waals surface area contributed by atoms with Crippen LogP contribution in [-0.2, 0) is 12.8 Å². The van der Waals surface area contributed by atoms with E-state index in [4.69, 9.17) is 4.42 Å². The van der Waals surface area contributed by atoms with Crippen molar-refractivity contribution in [2.24, 2.45) is 0 Å². The van der Waals surface area contributed by atoms with E-state index >= 15 is 0 Å². The Morgan fingerprint density at radius 3 is 1.74 bits per heavy atom. The molecule has 19 heavy (non-hydrogen) atoms. The van der Waals surface area contributed by atoms with Crippen LogP contribution in [0.15, 0.2) is 53.3 Å². The highest BCUT2D eigenvalue weighted by Crippen LogP contribution is 2.14. The van der Waals surface area contributed by atoms with Crippen molar-refractivity contribution in [2.75, 3.05) is 0 Å². The van der Waals surface area contributed by atoms with E-state index in [0.717, 1.165) is 50.0 Å². The largest absolute Gasteiger partial charge is 0.466 e. The monoisotopic (exact) mass is 256 g/mol. The Bertz CT molecular complexity index is 400. The van der Waals surface area contributed by atoms with E-state index in [1.54, 1.807) is 0 Å². The average Bonchev–Trinajstić information content (AvgIpc) is 2.86. The van der Waals surface area contributed by atoms with Crippen molar-refractivity contribution in [3.05, 3.63) is 60.4 Å². The molecule has 1 aromatic heterocycles. The van der Waals surface area contributed by atoms with Gasteiger partial charge in [-0.25, -0.2) is 0 Å². The van der Waals surface area contributed by atoms with Crippen LogP contribution >= 0.6 is 0 Å². The van der Waals surface area contributed by atoms with Crippen molar-refractivity contribution >= 4 is 0 Å². The van der Waals surface area contributed by atoms with Gasteiger partial charge in [-0.1, -0.05) is 13.2 Å². The summed E-state index contributed by atoms with van der Waals surface area (Å²) >= 11 is 0. The zero-order valence-electron chi connectivity index (χ0n) is 11.8. The predicted octanol–water partition coefficient (Wildman–Crippen LogP) is 5.39. The molecule has 0 aromatic carbocycles. The van der Waals surface area contributed by atoms with Crippen molar-refractivity contribution in [1.29, 1.82) is 0 Å². The van der Waals surface area contributed by atoms with Crippen LogP contribution < -0.4 is 0 Å². The van der Waals surface area contributed by atoms with E-state index in [0.29, 0.717) is 0 Å². The number of hydrogen-bond acceptors (Lipinski definition) is 1. The van der Waals surface area contributed by atoms with E-state index in [1.165, 1.54) is 12.8 Å². The summed E-state index contributed by atoms with van der Waals surface area (Å²) in [7, 11) is 0. The molecule has 1 heterocycles. The van der Waals surface area contributed by atoms with Gasteiger partial charge in [-0.15, -0.1) is 11.5 Å². The average molecular weight is 256 g/mol. The van der Waals surface area contributed by atoms with Crippen LogP contribution in [0.1, 0.15) is 50.0 Å². The second kappa shape index (κ2) is 10.3. The van der Waals surface area contributed by atoms with Crippen molar-refractivity contribution in [3.8, 4) is 0 Å². The standard InChI is InChI=1S/C18H24O/c1-3-5-7-9-11-13-17-15-16-18(19-17)14-12-10-8-6-4-2/h5-6,15-16H,1-2,7-14H2. The second-order valence-corrected chi connectivity index (χ2v) is 4.68. The van der Waals surface area contributed by atoms with Gasteiger partial charge in [0.15, 0.2) is 0 Å². The maximum atomic E-state index is 5.82. The SMILES string of the molecule is C=C=CCCCCc1ccc(CCCCC=C=C)o1. The highest BCUT2D eigenvalue weighted by atomic mass is 16.3. The van der Waals surface area contributed by atoms with Gasteiger partial charge < -0.3 is 4.42 Å². The third-order valence-corrected chi connectivity index (χ3v) is 3.05. The summed E-state index contributed by atoms with van der Waals surface area (Å²) in [5.74, 6) is 2.23. The quantitative estimate of drug-likeness (QED) is 0.404. The van der Waals surface area contributed by atoms with Crippen LogP contribution in [0.5, 0.6) is 0 Å². The molecule has 0 spiro atoms. The van der Waals surface area contributed by atoms with Gasteiger partial charge in [0.1, 0.15) is 11.5 Å². The normalized spacial score (nSPS) is 9.68. The van der Waals surface area contributed by atoms with Crippen LogP contribution in [0.3, 0.4) is 0 Å². The first kappa shape index (κ1) is 15.4. The van der Waals surface area contributed by atoms with Gasteiger partial charge in [-0.2, -0.15) is 0 Å². The maximum absolute atomic E-state index is 5.82. The number of hydrogen-bond donors (Lipinski definition) is 0. The zero-order valence-corrected chi connectivity index (χ0v) is 11.8. The molecule has 0 saturated heterocycles. The fraction of sp³-hybridized carbons (Fsp3) is 0.444. The minimum atomic E-state index is 1.03. The molecular weight excluding hydrogens is 232 g/mol. The molecule has 0 saturated carbocycles. The molecule has 0 bridgehead atoms. The van der Waals surface area contributed by atoms with Gasteiger partial charge >= 0.3 is 0 Å². The van der Waals surface area contributed by atoms with E-state index in [-0.39, 0.29) is 0 Å². The third-order valence-electron chi connectivity index (χ3n) is 3.05. The van der Waals surface area contributed by atoms with Crippen LogP contribution in [0.4, 0.5) is 0 Å². The number of rotatable bonds is 10. The summed E-state index contributed by atoms with van der Waals surface area (Å²) in [5, 5.41) is 0. The third kappa shape index (κ3) is 7.36. The lowest BCUT2D eigenvalue weighted by molar-refractivity contribution is 0.451. The molecule has 0 fully saturated rings. The maximum Gasteiger partial charge on any atom is 0.104 e. The lowest BCUT2D eigenvalue weighted by atomic mass is 10.1. The smallest absolute Gasteiger partial charge is 0.104 e. The highest BCUT2D eigenvalue weighted by molar-refractivity contribution is 5.07. The molecule has 0 aliphatic carbocycles. The fourth-order valence-corrected chi connectivity index (χ4v) is 1.99. The molecule has 0 aliphatic heterocycles. The van der Waals surface area contributed by atoms with E-state index in [2.05, 4.69) is 36.8 Å². The van der Waals surface area contributed by atoms with E-state index in [9.17, 15) is 0 Å². The molecule has 0 radical (unpaired) electrons. The van der Waals surface area contributed by atoms with Crippen LogP contribution in [0, 0.1) is 0 Å². The van der Waals surface area contributed by atoms with Crippen LogP contribution in [-0.4, -0.2) is 0 Å². The molecule has 0 amide bonds. The summed E-state index contributed by atoms with van der Waals surface area (Å²) in [5.41, 5.74) is 5.60. The summed E-state index contributed by atoms with van der Waals surface area (Å²) < 4.78 is 5.82. The van der Waals surface area contributed by atoms with Gasteiger partial charge in [0.25, 0.3) is 0 Å². The van der Waals surface area contributed by atoms with Crippen molar-refractivity contribution < 1.29 is 4.42 Å². The van der Waals surface area contributed by atoms with Crippen LogP contribution in [0.2, 0.25) is 0 Å². The van der Waals surface area contributed by atoms with Crippen molar-refractivity contribution in [2.45, 2.75) is 51.4 Å². The molecule has 0 N–H and O–H groups in total. The lowest BCUT2D eigenvalue weighted by Gasteiger charge is -1.97. The predicted molar refractivity (Wildman–Crippen MR) is 81.2 cm³/mol. The first-order valence-corrected chi connectivity index (χ1v) is 7.13. The summed E-state index contributed by atoms with van der Waals surface area (Å²) in [6.45, 7) is 7.12. The summed E-state index contributed by atoms with van der Waals surface area (Å²) in [6, 6.07) is 4.23. The number of furan rings is 1. The number of unbranched alkanes of at least 4 members (excludes halogenated alkanes) is 4. The molecule has 0 aliphatic rings. The Balaban J connectivity index is 2.16. The summed E-state index contributed by atoms with van der Waals surface area (Å²) in [6.07, 6.45) is 12.8. The Labute approximate surface area is 117 Å². The first-order chi connectivity index (χ1) is 9.36. The topological polar surface area (TPSA) is 13.1 Å². The minimum absolute atomic E-state index is 1.03. The van der Waals surface area contributed by atoms with Crippen molar-refractivity contribution in [1.82, 2.24) is 0 Å². The Kier molecular flexibility index (Phi) is 8.31. The molecule has 102 valence electrons. The van der Waals surface area contributed by atoms with Gasteiger partial charge in [0.2, 0.25) is 0 Å². The van der Waals surface area contributed by atoms with Gasteiger partial charge in [0.05, 0.1) is 0 Å². The lowest BCUT2D eigenvalue weighted by Crippen LogP contribution is -1.83. The Morgan fingerprint density at radius 1 is 0.842 bits per heavy atom. The van der Waals surface area contributed by atoms with Crippen molar-refractivity contribution in [3.63, 3.8) is 0 Å². The fourth-order valence-electron chi connectivity index (χ4n) is 1.99. The minimum Gasteiger partial charge on any atom is -0.466 e. The zero-order chi connectivity index (χ0) is 13.8. The molecule has 1 aromatic rings. The molecule has 0 atom stereocenters. The van der Waals surface area contributed by atoms with Crippen LogP contribution in [0.25, 0.3) is 0 Å². The first-order valence-electron chi connectivity index (χ1n) is 7.13. The Morgan fingerprint density at radius 2 is 1.32 bits per heavy atom. The van der Waals surface area contributed by atoms with E-state index < -0.39 is 0 Å². The molecule has 1 rings (SSSR count). The molecular formula is C18H24O. The van der Waals surface area contributed by atoms with E-state index in [1.807, 2.05) is 12.2 Å². The van der Waals surface area contributed by atoms with Gasteiger partial charge in [0, 0.05) is 12.8 Å². The van der Waals surface area contributed by atoms with Gasteiger partial charge in [-0.3, -0.25) is 0 Å². The Hall–Kier alpha value is -1.68. The molecule has 0 unspecified atom stereocenters. The molecule has 1 nitrogen and oxygen atoms in total. The highest BCUT2D eigenvalue weighted by Gasteiger charge is 2.01. The van der Waals surface area contributed by atoms with Gasteiger partial charge in [-0.05, 0) is 62.8 Å². The molecule has 1 heteroatoms.